The summed E-state index contributed by atoms with van der Waals surface area (Å²) >= 11 is 7.51. The minimum absolute atomic E-state index is 0.117. The zero-order valence-electron chi connectivity index (χ0n) is 12.8. The first-order valence-corrected chi connectivity index (χ1v) is 8.68. The number of aromatic amines is 1. The molecule has 4 rings (SSSR count). The number of thiophene rings is 1. The van der Waals surface area contributed by atoms with E-state index in [1.165, 1.54) is 11.3 Å². The summed E-state index contributed by atoms with van der Waals surface area (Å²) in [6.07, 6.45) is 0. The van der Waals surface area contributed by atoms with Crippen molar-refractivity contribution in [2.24, 2.45) is 0 Å². The van der Waals surface area contributed by atoms with E-state index < -0.39 is 0 Å². The van der Waals surface area contributed by atoms with E-state index in [-0.39, 0.29) is 5.56 Å². The van der Waals surface area contributed by atoms with Gasteiger partial charge in [-0.3, -0.25) is 4.79 Å². The van der Waals surface area contributed by atoms with Crippen LogP contribution in [0.5, 0.6) is 0 Å². The van der Waals surface area contributed by atoms with E-state index in [9.17, 15) is 4.79 Å². The van der Waals surface area contributed by atoms with Crippen LogP contribution in [0.3, 0.4) is 0 Å². The molecule has 1 N–H and O–H groups in total. The molecule has 4 aromatic rings. The SMILES string of the molecule is Cc1sc2nc(-c3ccccc3)[nH]c(=O)c2c1-c1ccc(Cl)cc1. The minimum Gasteiger partial charge on any atom is -0.306 e. The predicted octanol–water partition coefficient (Wildman–Crippen LogP) is 5.28. The highest BCUT2D eigenvalue weighted by Crippen LogP contribution is 2.36. The molecule has 0 aliphatic rings. The number of hydrogen-bond acceptors (Lipinski definition) is 3. The molecule has 0 aliphatic heterocycles. The summed E-state index contributed by atoms with van der Waals surface area (Å²) in [5, 5.41) is 1.31. The van der Waals surface area contributed by atoms with Gasteiger partial charge in [-0.2, -0.15) is 0 Å². The highest BCUT2D eigenvalue weighted by Gasteiger charge is 2.17. The van der Waals surface area contributed by atoms with Crippen molar-refractivity contribution in [3.05, 3.63) is 74.9 Å². The zero-order chi connectivity index (χ0) is 16.7. The number of nitrogens with one attached hydrogen (secondary N) is 1. The van der Waals surface area contributed by atoms with Gasteiger partial charge in [-0.15, -0.1) is 11.3 Å². The van der Waals surface area contributed by atoms with Crippen LogP contribution in [0.15, 0.2) is 59.4 Å². The lowest BCUT2D eigenvalue weighted by atomic mass is 10.0. The van der Waals surface area contributed by atoms with E-state index in [1.54, 1.807) is 0 Å². The fraction of sp³-hybridized carbons (Fsp3) is 0.0526. The maximum absolute atomic E-state index is 12.7. The first-order chi connectivity index (χ1) is 11.6. The minimum atomic E-state index is -0.117. The van der Waals surface area contributed by atoms with Gasteiger partial charge in [-0.05, 0) is 24.6 Å². The van der Waals surface area contributed by atoms with Gasteiger partial charge in [0.05, 0.1) is 5.39 Å². The normalized spacial score (nSPS) is 11.1. The number of nitrogens with zero attached hydrogens (tertiary/aromatic N) is 1. The van der Waals surface area contributed by atoms with Gasteiger partial charge in [0.2, 0.25) is 0 Å². The Kier molecular flexibility index (Phi) is 3.71. The van der Waals surface area contributed by atoms with Crippen LogP contribution in [0, 0.1) is 6.92 Å². The number of fused-ring (bicyclic) bond motifs is 1. The van der Waals surface area contributed by atoms with Crippen LogP contribution in [-0.4, -0.2) is 9.97 Å². The first-order valence-electron chi connectivity index (χ1n) is 7.48. The van der Waals surface area contributed by atoms with E-state index in [1.807, 2.05) is 61.5 Å². The van der Waals surface area contributed by atoms with Crippen LogP contribution in [-0.2, 0) is 0 Å². The van der Waals surface area contributed by atoms with Crippen molar-refractivity contribution in [3.63, 3.8) is 0 Å². The van der Waals surface area contributed by atoms with Gasteiger partial charge >= 0.3 is 0 Å². The lowest BCUT2D eigenvalue weighted by Gasteiger charge is -2.03. The molecule has 0 bridgehead atoms. The van der Waals surface area contributed by atoms with E-state index >= 15 is 0 Å². The molecule has 3 nitrogen and oxygen atoms in total. The Balaban J connectivity index is 1.97. The second-order valence-electron chi connectivity index (χ2n) is 5.50. The van der Waals surface area contributed by atoms with Crippen molar-refractivity contribution in [1.29, 1.82) is 0 Å². The van der Waals surface area contributed by atoms with Gasteiger partial charge in [0, 0.05) is 21.0 Å². The summed E-state index contributed by atoms with van der Waals surface area (Å²) < 4.78 is 0. The van der Waals surface area contributed by atoms with Gasteiger partial charge in [0.1, 0.15) is 10.7 Å². The molecular formula is C19H13ClN2OS. The molecule has 2 aromatic carbocycles. The fourth-order valence-electron chi connectivity index (χ4n) is 2.82. The zero-order valence-corrected chi connectivity index (χ0v) is 14.4. The number of hydrogen-bond donors (Lipinski definition) is 1. The number of benzene rings is 2. The lowest BCUT2D eigenvalue weighted by Crippen LogP contribution is -2.09. The highest BCUT2D eigenvalue weighted by atomic mass is 35.5. The first kappa shape index (κ1) is 15.1. The standard InChI is InChI=1S/C19H13ClN2OS/c1-11-15(12-7-9-14(20)10-8-12)16-18(23)21-17(22-19(16)24-11)13-5-3-2-4-6-13/h2-10H,1H3,(H,21,22,23). The van der Waals surface area contributed by atoms with Crippen molar-refractivity contribution in [1.82, 2.24) is 9.97 Å². The largest absolute Gasteiger partial charge is 0.306 e. The molecule has 0 saturated heterocycles. The molecule has 0 saturated carbocycles. The Labute approximate surface area is 147 Å². The van der Waals surface area contributed by atoms with E-state index in [2.05, 4.69) is 9.97 Å². The van der Waals surface area contributed by atoms with Crippen molar-refractivity contribution in [2.45, 2.75) is 6.92 Å². The Bertz CT molecular complexity index is 1080. The van der Waals surface area contributed by atoms with Gasteiger partial charge in [0.25, 0.3) is 5.56 Å². The Morgan fingerprint density at radius 2 is 1.71 bits per heavy atom. The molecule has 0 fully saturated rings. The second kappa shape index (κ2) is 5.89. The number of aryl methyl sites for hydroxylation is 1. The van der Waals surface area contributed by atoms with Crippen molar-refractivity contribution < 1.29 is 0 Å². The van der Waals surface area contributed by atoms with Crippen molar-refractivity contribution >= 4 is 33.2 Å². The van der Waals surface area contributed by atoms with Gasteiger partial charge in [0.15, 0.2) is 0 Å². The average Bonchev–Trinajstić information content (AvgIpc) is 2.93. The molecule has 0 atom stereocenters. The maximum Gasteiger partial charge on any atom is 0.260 e. The Morgan fingerprint density at radius 3 is 2.42 bits per heavy atom. The second-order valence-corrected chi connectivity index (χ2v) is 7.14. The number of rotatable bonds is 2. The fourth-order valence-corrected chi connectivity index (χ4v) is 3.99. The van der Waals surface area contributed by atoms with E-state index in [0.29, 0.717) is 16.2 Å². The van der Waals surface area contributed by atoms with Crippen LogP contribution >= 0.6 is 22.9 Å². The molecule has 24 heavy (non-hydrogen) atoms. The quantitative estimate of drug-likeness (QED) is 0.533. The smallest absolute Gasteiger partial charge is 0.260 e. The molecule has 0 unspecified atom stereocenters. The lowest BCUT2D eigenvalue weighted by molar-refractivity contribution is 1.19. The van der Waals surface area contributed by atoms with Crippen LogP contribution in [0.4, 0.5) is 0 Å². The molecule has 2 heterocycles. The number of aromatic nitrogens is 2. The third-order valence-corrected chi connectivity index (χ3v) is 5.17. The summed E-state index contributed by atoms with van der Waals surface area (Å²) in [6.45, 7) is 2.01. The molecule has 118 valence electrons. The highest BCUT2D eigenvalue weighted by molar-refractivity contribution is 7.19. The predicted molar refractivity (Wildman–Crippen MR) is 101 cm³/mol. The van der Waals surface area contributed by atoms with Crippen molar-refractivity contribution in [3.8, 4) is 22.5 Å². The topological polar surface area (TPSA) is 45.8 Å². The van der Waals surface area contributed by atoms with Crippen LogP contribution in [0.1, 0.15) is 4.88 Å². The summed E-state index contributed by atoms with van der Waals surface area (Å²) in [6, 6.07) is 17.2. The van der Waals surface area contributed by atoms with E-state index in [4.69, 9.17) is 11.6 Å². The third-order valence-electron chi connectivity index (χ3n) is 3.92. The monoisotopic (exact) mass is 352 g/mol. The number of H-pyrrole nitrogens is 1. The van der Waals surface area contributed by atoms with Crippen LogP contribution in [0.2, 0.25) is 5.02 Å². The number of halogens is 1. The molecular weight excluding hydrogens is 340 g/mol. The Hall–Kier alpha value is -2.43. The van der Waals surface area contributed by atoms with Gasteiger partial charge in [-0.1, -0.05) is 54.1 Å². The Morgan fingerprint density at radius 1 is 1.00 bits per heavy atom. The maximum atomic E-state index is 12.7. The van der Waals surface area contributed by atoms with Crippen LogP contribution < -0.4 is 5.56 Å². The van der Waals surface area contributed by atoms with Gasteiger partial charge in [-0.25, -0.2) is 4.98 Å². The molecule has 0 aliphatic carbocycles. The van der Waals surface area contributed by atoms with Gasteiger partial charge < -0.3 is 4.98 Å². The van der Waals surface area contributed by atoms with E-state index in [0.717, 1.165) is 26.4 Å². The molecule has 0 radical (unpaired) electrons. The summed E-state index contributed by atoms with van der Waals surface area (Å²) in [5.74, 6) is 0.594. The molecule has 5 heteroatoms. The average molecular weight is 353 g/mol. The summed E-state index contributed by atoms with van der Waals surface area (Å²) in [4.78, 5) is 22.1. The third kappa shape index (κ3) is 2.54. The molecule has 0 amide bonds. The van der Waals surface area contributed by atoms with Crippen LogP contribution in [0.25, 0.3) is 32.7 Å². The molecule has 2 aromatic heterocycles. The van der Waals surface area contributed by atoms with Crippen molar-refractivity contribution in [2.75, 3.05) is 0 Å². The summed E-state index contributed by atoms with van der Waals surface area (Å²) in [5.41, 5.74) is 2.69. The summed E-state index contributed by atoms with van der Waals surface area (Å²) in [7, 11) is 0. The molecule has 0 spiro atoms.